The molecule has 27 heavy (non-hydrogen) atoms. The van der Waals surface area contributed by atoms with Crippen molar-refractivity contribution in [3.8, 4) is 10.6 Å². The van der Waals surface area contributed by atoms with Gasteiger partial charge >= 0.3 is 0 Å². The van der Waals surface area contributed by atoms with Gasteiger partial charge in [-0.2, -0.15) is 0 Å². The van der Waals surface area contributed by atoms with E-state index in [0.717, 1.165) is 41.5 Å². The first-order valence-electron chi connectivity index (χ1n) is 8.54. The molecule has 0 saturated carbocycles. The molecule has 2 aromatic carbocycles. The van der Waals surface area contributed by atoms with Crippen LogP contribution in [0.1, 0.15) is 21.3 Å². The molecule has 0 radical (unpaired) electrons. The van der Waals surface area contributed by atoms with Crippen molar-refractivity contribution in [2.24, 2.45) is 0 Å². The van der Waals surface area contributed by atoms with Crippen LogP contribution in [0.15, 0.2) is 60.8 Å². The molecule has 0 unspecified atom stereocenters. The first-order valence-corrected chi connectivity index (χ1v) is 9.36. The van der Waals surface area contributed by atoms with E-state index in [1.54, 1.807) is 6.20 Å². The molecule has 1 fully saturated rings. The lowest BCUT2D eigenvalue weighted by Crippen LogP contribution is -2.33. The van der Waals surface area contributed by atoms with Gasteiger partial charge in [0.05, 0.1) is 18.9 Å². The van der Waals surface area contributed by atoms with Crippen LogP contribution in [0.5, 0.6) is 0 Å². The Morgan fingerprint density at radius 3 is 2.63 bits per heavy atom. The molecule has 140 valence electrons. The number of amides is 1. The number of morpholine rings is 1. The van der Waals surface area contributed by atoms with Gasteiger partial charge in [-0.1, -0.05) is 42.5 Å². The van der Waals surface area contributed by atoms with Crippen LogP contribution in [-0.4, -0.2) is 30.6 Å². The van der Waals surface area contributed by atoms with Gasteiger partial charge < -0.3 is 15.4 Å². The summed E-state index contributed by atoms with van der Waals surface area (Å²) >= 11 is 1.39. The molecule has 1 aliphatic heterocycles. The van der Waals surface area contributed by atoms with Crippen LogP contribution in [0.4, 0.5) is 5.69 Å². The summed E-state index contributed by atoms with van der Waals surface area (Å²) in [5, 5.41) is 7.09. The topological polar surface area (TPSA) is 63.2 Å². The number of ether oxygens (including phenoxy) is 1. The number of carbonyl (C=O) groups excluding carboxylic acids is 1. The molecule has 1 aliphatic rings. The minimum Gasteiger partial charge on any atom is -0.371 e. The van der Waals surface area contributed by atoms with E-state index in [-0.39, 0.29) is 24.4 Å². The summed E-state index contributed by atoms with van der Waals surface area (Å²) in [6, 6.07) is 17.7. The zero-order valence-electron chi connectivity index (χ0n) is 14.6. The summed E-state index contributed by atoms with van der Waals surface area (Å²) in [5.74, 6) is -0.145. The maximum absolute atomic E-state index is 12.5. The van der Waals surface area contributed by atoms with Crippen molar-refractivity contribution in [1.82, 2.24) is 10.3 Å². The number of halogens is 1. The van der Waals surface area contributed by atoms with E-state index in [1.165, 1.54) is 11.3 Å². The maximum atomic E-state index is 12.5. The summed E-state index contributed by atoms with van der Waals surface area (Å²) in [4.78, 5) is 17.4. The summed E-state index contributed by atoms with van der Waals surface area (Å²) in [6.07, 6.45) is 1.70. The molecule has 3 aromatic rings. The zero-order valence-corrected chi connectivity index (χ0v) is 16.2. The quantitative estimate of drug-likeness (QED) is 0.689. The number of hydrogen-bond acceptors (Lipinski definition) is 5. The number of nitrogens with one attached hydrogen (secondary N) is 2. The van der Waals surface area contributed by atoms with Crippen molar-refractivity contribution in [2.75, 3.05) is 25.0 Å². The number of aromatic nitrogens is 1. The lowest BCUT2D eigenvalue weighted by Gasteiger charge is -2.24. The van der Waals surface area contributed by atoms with Crippen LogP contribution in [0.3, 0.4) is 0 Å². The van der Waals surface area contributed by atoms with Crippen molar-refractivity contribution < 1.29 is 9.53 Å². The Morgan fingerprint density at radius 2 is 1.93 bits per heavy atom. The monoisotopic (exact) mass is 401 g/mol. The third kappa shape index (κ3) is 4.73. The van der Waals surface area contributed by atoms with Crippen LogP contribution < -0.4 is 10.6 Å². The van der Waals surface area contributed by atoms with Crippen LogP contribution in [0, 0.1) is 0 Å². The van der Waals surface area contributed by atoms with E-state index in [9.17, 15) is 4.79 Å². The van der Waals surface area contributed by atoms with E-state index in [0.29, 0.717) is 4.88 Å². The van der Waals surface area contributed by atoms with Crippen molar-refractivity contribution in [3.05, 3.63) is 71.2 Å². The van der Waals surface area contributed by atoms with Gasteiger partial charge in [-0.05, 0) is 17.7 Å². The van der Waals surface area contributed by atoms with Gasteiger partial charge in [-0.25, -0.2) is 4.98 Å². The summed E-state index contributed by atoms with van der Waals surface area (Å²) < 4.78 is 5.74. The van der Waals surface area contributed by atoms with Crippen LogP contribution >= 0.6 is 23.7 Å². The molecule has 1 atom stereocenters. The Kier molecular flexibility index (Phi) is 6.58. The second kappa shape index (κ2) is 9.10. The number of thiazole rings is 1. The Morgan fingerprint density at radius 1 is 1.15 bits per heavy atom. The first kappa shape index (κ1) is 19.5. The highest BCUT2D eigenvalue weighted by atomic mass is 35.5. The minimum atomic E-state index is -0.145. The number of nitrogens with zero attached hydrogens (tertiary/aromatic N) is 1. The molecule has 0 aliphatic carbocycles. The molecule has 1 aromatic heterocycles. The van der Waals surface area contributed by atoms with E-state index in [4.69, 9.17) is 4.74 Å². The standard InChI is InChI=1S/C20H19N3O2S.ClH/c24-19(18-13-22-20(26-18)15-4-2-1-3-5-15)23-16-8-6-14(7-9-16)17-12-21-10-11-25-17;/h1-9,13,17,21H,10-12H2,(H,23,24);1H/t17-;/m0./s1. The van der Waals surface area contributed by atoms with Crippen molar-refractivity contribution in [3.63, 3.8) is 0 Å². The largest absolute Gasteiger partial charge is 0.371 e. The van der Waals surface area contributed by atoms with E-state index in [1.807, 2.05) is 54.6 Å². The normalized spacial score (nSPS) is 16.4. The SMILES string of the molecule is Cl.O=C(Nc1ccc([C@@H]2CNCCO2)cc1)c1cnc(-c2ccccc2)s1. The lowest BCUT2D eigenvalue weighted by atomic mass is 10.1. The Balaban J connectivity index is 0.00000210. The minimum absolute atomic E-state index is 0. The second-order valence-electron chi connectivity index (χ2n) is 6.04. The third-order valence-corrected chi connectivity index (χ3v) is 5.26. The average molecular weight is 402 g/mol. The van der Waals surface area contributed by atoms with Gasteiger partial charge in [0.1, 0.15) is 9.88 Å². The molecule has 7 heteroatoms. The van der Waals surface area contributed by atoms with Gasteiger partial charge in [0.25, 0.3) is 5.91 Å². The third-order valence-electron chi connectivity index (χ3n) is 4.22. The first-order chi connectivity index (χ1) is 12.8. The highest BCUT2D eigenvalue weighted by Crippen LogP contribution is 2.26. The number of carbonyl (C=O) groups is 1. The van der Waals surface area contributed by atoms with E-state index < -0.39 is 0 Å². The van der Waals surface area contributed by atoms with Gasteiger partial charge in [0, 0.05) is 24.3 Å². The molecule has 5 nitrogen and oxygen atoms in total. The van der Waals surface area contributed by atoms with Crippen LogP contribution in [0.25, 0.3) is 10.6 Å². The summed E-state index contributed by atoms with van der Waals surface area (Å²) in [7, 11) is 0. The number of anilines is 1. The maximum Gasteiger partial charge on any atom is 0.267 e. The fraction of sp³-hybridized carbons (Fsp3) is 0.200. The molecule has 4 rings (SSSR count). The predicted octanol–water partition coefficient (Wildman–Crippen LogP) is 4.15. The van der Waals surface area contributed by atoms with E-state index >= 15 is 0 Å². The molecule has 0 bridgehead atoms. The zero-order chi connectivity index (χ0) is 17.8. The van der Waals surface area contributed by atoms with Gasteiger partial charge in [-0.15, -0.1) is 23.7 Å². The Bertz CT molecular complexity index is 878. The fourth-order valence-electron chi connectivity index (χ4n) is 2.85. The van der Waals surface area contributed by atoms with Crippen LogP contribution in [-0.2, 0) is 4.74 Å². The van der Waals surface area contributed by atoms with Crippen molar-refractivity contribution >= 4 is 35.3 Å². The van der Waals surface area contributed by atoms with Gasteiger partial charge in [-0.3, -0.25) is 4.79 Å². The molecule has 1 amide bonds. The lowest BCUT2D eigenvalue weighted by molar-refractivity contribution is 0.0277. The summed E-state index contributed by atoms with van der Waals surface area (Å²) in [5.41, 5.74) is 2.89. The Labute approximate surface area is 168 Å². The smallest absolute Gasteiger partial charge is 0.267 e. The molecule has 2 N–H and O–H groups in total. The van der Waals surface area contributed by atoms with Crippen LogP contribution in [0.2, 0.25) is 0 Å². The summed E-state index contributed by atoms with van der Waals surface area (Å²) in [6.45, 7) is 2.43. The highest BCUT2D eigenvalue weighted by Gasteiger charge is 2.16. The van der Waals surface area contributed by atoms with Crippen molar-refractivity contribution in [1.29, 1.82) is 0 Å². The number of rotatable bonds is 4. The Hall–Kier alpha value is -2.25. The van der Waals surface area contributed by atoms with Crippen molar-refractivity contribution in [2.45, 2.75) is 6.10 Å². The van der Waals surface area contributed by atoms with E-state index in [2.05, 4.69) is 15.6 Å². The second-order valence-corrected chi connectivity index (χ2v) is 7.07. The molecule has 2 heterocycles. The highest BCUT2D eigenvalue weighted by molar-refractivity contribution is 7.17. The molecular formula is C20H20ClN3O2S. The van der Waals surface area contributed by atoms with Gasteiger partial charge in [0.2, 0.25) is 0 Å². The number of benzene rings is 2. The number of hydrogen-bond donors (Lipinski definition) is 2. The van der Waals surface area contributed by atoms with Gasteiger partial charge in [0.15, 0.2) is 0 Å². The molecule has 1 saturated heterocycles. The molecule has 0 spiro atoms. The molecular weight excluding hydrogens is 382 g/mol. The fourth-order valence-corrected chi connectivity index (χ4v) is 3.66. The predicted molar refractivity (Wildman–Crippen MR) is 111 cm³/mol. The average Bonchev–Trinajstić information content (AvgIpc) is 3.20.